The van der Waals surface area contributed by atoms with Gasteiger partial charge in [0.15, 0.2) is 5.78 Å². The van der Waals surface area contributed by atoms with Crippen molar-refractivity contribution in [1.82, 2.24) is 4.98 Å². The van der Waals surface area contributed by atoms with Gasteiger partial charge in [-0.1, -0.05) is 36.4 Å². The second-order valence-corrected chi connectivity index (χ2v) is 5.12. The van der Waals surface area contributed by atoms with E-state index in [9.17, 15) is 27.6 Å². The van der Waals surface area contributed by atoms with Gasteiger partial charge in [-0.2, -0.15) is 13.2 Å². The third-order valence-corrected chi connectivity index (χ3v) is 3.11. The highest BCUT2D eigenvalue weighted by molar-refractivity contribution is 6.06. The van der Waals surface area contributed by atoms with Gasteiger partial charge < -0.3 is 4.74 Å². The smallest absolute Gasteiger partial charge is 0.383 e. The summed E-state index contributed by atoms with van der Waals surface area (Å²) in [7, 11) is 0. The molecule has 8 heteroatoms. The Balaban J connectivity index is 1.95. The van der Waals surface area contributed by atoms with Crippen molar-refractivity contribution in [2.24, 2.45) is 0 Å². The van der Waals surface area contributed by atoms with Crippen molar-refractivity contribution in [3.05, 3.63) is 77.6 Å². The molecule has 27 heavy (non-hydrogen) atoms. The minimum absolute atomic E-state index is 0.184. The second-order valence-electron chi connectivity index (χ2n) is 5.12. The number of pyridine rings is 1. The first-order valence-electron chi connectivity index (χ1n) is 7.50. The van der Waals surface area contributed by atoms with Gasteiger partial charge in [0.1, 0.15) is 0 Å². The molecule has 0 saturated heterocycles. The average Bonchev–Trinajstić information content (AvgIpc) is 2.65. The molecule has 0 bridgehead atoms. The Labute approximate surface area is 151 Å². The van der Waals surface area contributed by atoms with Gasteiger partial charge in [0.25, 0.3) is 0 Å². The maximum absolute atomic E-state index is 12.0. The molecular weight excluding hydrogens is 363 g/mol. The molecule has 138 valence electrons. The van der Waals surface area contributed by atoms with Crippen LogP contribution in [-0.2, 0) is 14.3 Å². The first-order chi connectivity index (χ1) is 12.8. The molecule has 0 unspecified atom stereocenters. The van der Waals surface area contributed by atoms with E-state index in [1.165, 1.54) is 18.3 Å². The third kappa shape index (κ3) is 6.35. The molecule has 1 aromatic carbocycles. The van der Waals surface area contributed by atoms with E-state index in [4.69, 9.17) is 0 Å². The summed E-state index contributed by atoms with van der Waals surface area (Å²) in [5, 5.41) is 0. The fourth-order valence-electron chi connectivity index (χ4n) is 1.82. The topological polar surface area (TPSA) is 73.3 Å². The largest absolute Gasteiger partial charge is 0.491 e. The van der Waals surface area contributed by atoms with E-state index >= 15 is 0 Å². The highest BCUT2D eigenvalue weighted by Crippen LogP contribution is 2.16. The lowest BCUT2D eigenvalue weighted by molar-refractivity contribution is -0.200. The summed E-state index contributed by atoms with van der Waals surface area (Å²) in [6.45, 7) is 0. The Kier molecular flexibility index (Phi) is 6.37. The molecule has 2 rings (SSSR count). The van der Waals surface area contributed by atoms with Crippen LogP contribution < -0.4 is 0 Å². The van der Waals surface area contributed by atoms with Gasteiger partial charge >= 0.3 is 18.1 Å². The molecule has 0 saturated carbocycles. The molecule has 0 aliphatic heterocycles. The number of hydrogen-bond acceptors (Lipinski definition) is 5. The summed E-state index contributed by atoms with van der Waals surface area (Å²) in [5.74, 6) is -4.23. The molecule has 0 amide bonds. The van der Waals surface area contributed by atoms with Gasteiger partial charge in [0.05, 0.1) is 5.69 Å². The fourth-order valence-corrected chi connectivity index (χ4v) is 1.82. The Morgan fingerprint density at radius 2 is 1.63 bits per heavy atom. The van der Waals surface area contributed by atoms with Crippen LogP contribution in [0.15, 0.2) is 60.8 Å². The van der Waals surface area contributed by atoms with Crippen LogP contribution in [0, 0.1) is 0 Å². The fraction of sp³-hybridized carbons (Fsp3) is 0.0526. The number of halogens is 3. The Morgan fingerprint density at radius 1 is 0.926 bits per heavy atom. The molecule has 0 N–H and O–H groups in total. The van der Waals surface area contributed by atoms with Crippen molar-refractivity contribution in [2.45, 2.75) is 6.18 Å². The van der Waals surface area contributed by atoms with Crippen LogP contribution in [0.4, 0.5) is 13.2 Å². The molecular formula is C19H12F3NO4. The maximum Gasteiger partial charge on any atom is 0.491 e. The summed E-state index contributed by atoms with van der Waals surface area (Å²) in [6, 6.07) is 11.7. The van der Waals surface area contributed by atoms with Crippen molar-refractivity contribution in [2.75, 3.05) is 0 Å². The summed E-state index contributed by atoms with van der Waals surface area (Å²) < 4.78 is 39.5. The predicted molar refractivity (Wildman–Crippen MR) is 90.2 cm³/mol. The van der Waals surface area contributed by atoms with Gasteiger partial charge in [-0.15, -0.1) is 0 Å². The number of benzene rings is 1. The number of ether oxygens (including phenoxy) is 1. The van der Waals surface area contributed by atoms with Crippen molar-refractivity contribution in [3.8, 4) is 0 Å². The number of alkyl halides is 3. The highest BCUT2D eigenvalue weighted by atomic mass is 19.4. The maximum atomic E-state index is 12.0. The number of allylic oxidation sites excluding steroid dienone is 1. The van der Waals surface area contributed by atoms with Crippen LogP contribution in [-0.4, -0.2) is 28.9 Å². The van der Waals surface area contributed by atoms with E-state index in [-0.39, 0.29) is 11.5 Å². The number of carbonyl (C=O) groups excluding carboxylic acids is 3. The van der Waals surface area contributed by atoms with Gasteiger partial charge in [-0.05, 0) is 29.9 Å². The normalized spacial score (nSPS) is 11.7. The van der Waals surface area contributed by atoms with Crippen LogP contribution in [0.1, 0.15) is 21.6 Å². The van der Waals surface area contributed by atoms with E-state index in [1.54, 1.807) is 42.5 Å². The number of ketones is 1. The van der Waals surface area contributed by atoms with Crippen molar-refractivity contribution in [1.29, 1.82) is 0 Å². The van der Waals surface area contributed by atoms with Crippen LogP contribution in [0.25, 0.3) is 12.2 Å². The van der Waals surface area contributed by atoms with Crippen LogP contribution in [0.3, 0.4) is 0 Å². The van der Waals surface area contributed by atoms with Gasteiger partial charge in [0, 0.05) is 17.8 Å². The standard InChI is InChI=1S/C19H12F3NO4/c20-19(21,22)18(26)27-17(25)11-9-15-8-6-13(12-23-15)7-10-16(24)14-4-2-1-3-5-14/h1-12H/b10-7+,11-9+. The zero-order valence-electron chi connectivity index (χ0n) is 13.6. The van der Waals surface area contributed by atoms with E-state index in [0.29, 0.717) is 17.2 Å². The Hall–Kier alpha value is -3.55. The van der Waals surface area contributed by atoms with Gasteiger partial charge in [-0.25, -0.2) is 9.59 Å². The first kappa shape index (κ1) is 19.8. The van der Waals surface area contributed by atoms with Crippen molar-refractivity contribution < 1.29 is 32.3 Å². The molecule has 1 aromatic heterocycles. The van der Waals surface area contributed by atoms with Crippen molar-refractivity contribution in [3.63, 3.8) is 0 Å². The monoisotopic (exact) mass is 375 g/mol. The van der Waals surface area contributed by atoms with E-state index < -0.39 is 18.1 Å². The zero-order chi connectivity index (χ0) is 19.9. The van der Waals surface area contributed by atoms with E-state index in [0.717, 1.165) is 6.08 Å². The molecule has 0 fully saturated rings. The second kappa shape index (κ2) is 8.70. The summed E-state index contributed by atoms with van der Waals surface area (Å²) >= 11 is 0. The third-order valence-electron chi connectivity index (χ3n) is 3.11. The summed E-state index contributed by atoms with van der Waals surface area (Å²) in [4.78, 5) is 37.6. The average molecular weight is 375 g/mol. The molecule has 2 aromatic rings. The number of nitrogens with zero attached hydrogens (tertiary/aromatic N) is 1. The van der Waals surface area contributed by atoms with E-state index in [2.05, 4.69) is 9.72 Å². The summed E-state index contributed by atoms with van der Waals surface area (Å²) in [5.41, 5.74) is 1.39. The molecule has 0 atom stereocenters. The van der Waals surface area contributed by atoms with Crippen LogP contribution in [0.5, 0.6) is 0 Å². The number of esters is 2. The van der Waals surface area contributed by atoms with Gasteiger partial charge in [0.2, 0.25) is 0 Å². The predicted octanol–water partition coefficient (Wildman–Crippen LogP) is 3.62. The highest BCUT2D eigenvalue weighted by Gasteiger charge is 2.42. The quantitative estimate of drug-likeness (QED) is 0.345. The Morgan fingerprint density at radius 3 is 2.22 bits per heavy atom. The molecule has 0 spiro atoms. The molecule has 0 aliphatic rings. The van der Waals surface area contributed by atoms with Crippen molar-refractivity contribution >= 4 is 29.9 Å². The zero-order valence-corrected chi connectivity index (χ0v) is 13.6. The first-order valence-corrected chi connectivity index (χ1v) is 7.50. The molecule has 1 heterocycles. The number of aromatic nitrogens is 1. The molecule has 0 radical (unpaired) electrons. The lowest BCUT2D eigenvalue weighted by Gasteiger charge is -2.02. The van der Waals surface area contributed by atoms with Crippen LogP contribution >= 0.6 is 0 Å². The SMILES string of the molecule is O=C(/C=C/c1ccc(/C=C/C(=O)c2ccccc2)cn1)OC(=O)C(F)(F)F. The minimum atomic E-state index is -5.24. The van der Waals surface area contributed by atoms with Crippen LogP contribution in [0.2, 0.25) is 0 Å². The number of rotatable bonds is 5. The summed E-state index contributed by atoms with van der Waals surface area (Å²) in [6.07, 6.45) is 0.830. The number of carbonyl (C=O) groups is 3. The lowest BCUT2D eigenvalue weighted by Crippen LogP contribution is -2.27. The minimum Gasteiger partial charge on any atom is -0.383 e. The Bertz CT molecular complexity index is 885. The molecule has 0 aliphatic carbocycles. The van der Waals surface area contributed by atoms with E-state index in [1.807, 2.05) is 0 Å². The number of hydrogen-bond donors (Lipinski definition) is 0. The molecule has 5 nitrogen and oxygen atoms in total. The lowest BCUT2D eigenvalue weighted by atomic mass is 10.1. The van der Waals surface area contributed by atoms with Gasteiger partial charge in [-0.3, -0.25) is 9.78 Å².